The maximum atomic E-state index is 14.8. The molecular weight excluding hydrogens is 451 g/mol. The molecule has 0 radical (unpaired) electrons. The summed E-state index contributed by atoms with van der Waals surface area (Å²) in [5.41, 5.74) is 6.02. The van der Waals surface area contributed by atoms with Gasteiger partial charge in [0, 0.05) is 44.7 Å². The van der Waals surface area contributed by atoms with Gasteiger partial charge in [0.1, 0.15) is 5.82 Å². The fourth-order valence-electron chi connectivity index (χ4n) is 5.03. The summed E-state index contributed by atoms with van der Waals surface area (Å²) >= 11 is 0. The van der Waals surface area contributed by atoms with E-state index in [0.717, 1.165) is 44.0 Å². The molecule has 6 heteroatoms. The first-order valence-electron chi connectivity index (χ1n) is 12.7. The van der Waals surface area contributed by atoms with E-state index in [1.807, 2.05) is 18.2 Å². The lowest BCUT2D eigenvalue weighted by Gasteiger charge is -2.35. The number of hydrogen-bond donors (Lipinski definition) is 0. The van der Waals surface area contributed by atoms with Gasteiger partial charge >= 0.3 is 0 Å². The van der Waals surface area contributed by atoms with E-state index >= 15 is 0 Å². The van der Waals surface area contributed by atoms with Crippen LogP contribution >= 0.6 is 0 Å². The van der Waals surface area contributed by atoms with Gasteiger partial charge in [0.25, 0.3) is 5.91 Å². The monoisotopic (exact) mass is 484 g/mol. The summed E-state index contributed by atoms with van der Waals surface area (Å²) < 4.78 is 14.8. The van der Waals surface area contributed by atoms with Gasteiger partial charge in [0.15, 0.2) is 0 Å². The fraction of sp³-hybridized carbons (Fsp3) is 0.333. The Balaban J connectivity index is 1.29. The number of hydrazone groups is 1. The molecule has 3 aromatic carbocycles. The smallest absolute Gasteiger partial charge is 0.257 e. The van der Waals surface area contributed by atoms with Crippen LogP contribution in [0, 0.1) is 19.7 Å². The van der Waals surface area contributed by atoms with E-state index in [1.165, 1.54) is 27.8 Å². The fourth-order valence-corrected chi connectivity index (χ4v) is 5.03. The molecule has 3 aromatic rings. The molecule has 1 amide bonds. The van der Waals surface area contributed by atoms with Gasteiger partial charge in [-0.1, -0.05) is 60.7 Å². The highest BCUT2D eigenvalue weighted by Crippen LogP contribution is 2.34. The van der Waals surface area contributed by atoms with E-state index in [0.29, 0.717) is 12.0 Å². The van der Waals surface area contributed by atoms with Gasteiger partial charge in [-0.05, 0) is 48.2 Å². The van der Waals surface area contributed by atoms with Crippen molar-refractivity contribution in [1.29, 1.82) is 0 Å². The molecule has 1 atom stereocenters. The van der Waals surface area contributed by atoms with E-state index in [-0.39, 0.29) is 18.3 Å². The Bertz CT molecular complexity index is 1250. The molecule has 0 aromatic heterocycles. The summed E-state index contributed by atoms with van der Waals surface area (Å²) in [5, 5.41) is 6.29. The summed E-state index contributed by atoms with van der Waals surface area (Å²) in [7, 11) is 0. The molecular formula is C30H33FN4O. The Labute approximate surface area is 212 Å². The Hall–Kier alpha value is -3.35. The summed E-state index contributed by atoms with van der Waals surface area (Å²) in [6.07, 6.45) is 0.500. The quantitative estimate of drug-likeness (QED) is 0.498. The molecule has 2 aliphatic rings. The number of rotatable bonds is 6. The Morgan fingerprint density at radius 3 is 2.31 bits per heavy atom. The molecule has 2 heterocycles. The lowest BCUT2D eigenvalue weighted by atomic mass is 9.96. The van der Waals surface area contributed by atoms with E-state index < -0.39 is 6.04 Å². The Kier molecular flexibility index (Phi) is 7.25. The highest BCUT2D eigenvalue weighted by atomic mass is 19.1. The number of halogens is 1. The van der Waals surface area contributed by atoms with Crippen molar-refractivity contribution in [2.45, 2.75) is 32.9 Å². The Morgan fingerprint density at radius 1 is 0.889 bits per heavy atom. The number of amides is 1. The molecule has 5 rings (SSSR count). The van der Waals surface area contributed by atoms with Crippen LogP contribution in [0.25, 0.3) is 0 Å². The third-order valence-corrected chi connectivity index (χ3v) is 7.34. The SMILES string of the molecule is Cc1ccc(C2=NN(C(=O)CN3CCN(Cc4ccccc4)CC3)[C@@H](c3ccccc3F)C2)cc1C. The number of benzene rings is 3. The molecule has 5 nitrogen and oxygen atoms in total. The van der Waals surface area contributed by atoms with Crippen molar-refractivity contribution in [3.05, 3.63) is 106 Å². The molecule has 0 bridgehead atoms. The van der Waals surface area contributed by atoms with Crippen molar-refractivity contribution in [3.8, 4) is 0 Å². The van der Waals surface area contributed by atoms with Crippen LogP contribution in [0.1, 0.15) is 40.3 Å². The molecule has 2 aliphatic heterocycles. The van der Waals surface area contributed by atoms with Crippen molar-refractivity contribution in [1.82, 2.24) is 14.8 Å². The number of carbonyl (C=O) groups excluding carboxylic acids is 1. The van der Waals surface area contributed by atoms with E-state index in [2.05, 4.69) is 60.0 Å². The lowest BCUT2D eigenvalue weighted by molar-refractivity contribution is -0.134. The maximum absolute atomic E-state index is 14.8. The van der Waals surface area contributed by atoms with Crippen LogP contribution in [-0.4, -0.2) is 59.2 Å². The zero-order valence-electron chi connectivity index (χ0n) is 21.0. The minimum Gasteiger partial charge on any atom is -0.297 e. The zero-order valence-corrected chi connectivity index (χ0v) is 21.0. The van der Waals surface area contributed by atoms with Gasteiger partial charge in [-0.25, -0.2) is 9.40 Å². The number of carbonyl (C=O) groups is 1. The second-order valence-electron chi connectivity index (χ2n) is 9.86. The molecule has 0 N–H and O–H groups in total. The normalized spacial score (nSPS) is 18.9. The molecule has 0 unspecified atom stereocenters. The largest absolute Gasteiger partial charge is 0.297 e. The first-order valence-corrected chi connectivity index (χ1v) is 12.7. The highest BCUT2D eigenvalue weighted by Gasteiger charge is 2.35. The molecule has 36 heavy (non-hydrogen) atoms. The zero-order chi connectivity index (χ0) is 25.1. The second-order valence-corrected chi connectivity index (χ2v) is 9.86. The van der Waals surface area contributed by atoms with E-state index in [4.69, 9.17) is 5.10 Å². The van der Waals surface area contributed by atoms with E-state index in [9.17, 15) is 9.18 Å². The molecule has 0 saturated carbocycles. The van der Waals surface area contributed by atoms with Crippen LogP contribution in [0.15, 0.2) is 77.9 Å². The third-order valence-electron chi connectivity index (χ3n) is 7.34. The summed E-state index contributed by atoms with van der Waals surface area (Å²) in [4.78, 5) is 18.1. The standard InChI is InChI=1S/C30H33FN4O/c1-22-12-13-25(18-23(22)2)28-19-29(26-10-6-7-11-27(26)31)35(32-28)30(36)21-34-16-14-33(15-17-34)20-24-8-4-3-5-9-24/h3-13,18,29H,14-17,19-21H2,1-2H3/t29-/m1/s1. The molecule has 1 saturated heterocycles. The number of piperazine rings is 1. The van der Waals surface area contributed by atoms with Gasteiger partial charge < -0.3 is 0 Å². The first kappa shape index (κ1) is 24.3. The van der Waals surface area contributed by atoms with Crippen molar-refractivity contribution in [2.75, 3.05) is 32.7 Å². The van der Waals surface area contributed by atoms with Crippen molar-refractivity contribution in [2.24, 2.45) is 5.10 Å². The maximum Gasteiger partial charge on any atom is 0.257 e. The summed E-state index contributed by atoms with van der Waals surface area (Å²) in [6, 6.07) is 23.0. The van der Waals surface area contributed by atoms with Crippen LogP contribution in [0.2, 0.25) is 0 Å². The number of aryl methyl sites for hydroxylation is 2. The first-order chi connectivity index (χ1) is 17.5. The van der Waals surface area contributed by atoms with Gasteiger partial charge in [-0.3, -0.25) is 14.6 Å². The van der Waals surface area contributed by atoms with Gasteiger partial charge in [-0.2, -0.15) is 5.10 Å². The minimum atomic E-state index is -0.435. The topological polar surface area (TPSA) is 39.2 Å². The number of nitrogens with zero attached hydrogens (tertiary/aromatic N) is 4. The summed E-state index contributed by atoms with van der Waals surface area (Å²) in [5.74, 6) is -0.384. The minimum absolute atomic E-state index is 0.0846. The molecule has 186 valence electrons. The molecule has 0 spiro atoms. The van der Waals surface area contributed by atoms with Crippen molar-refractivity contribution in [3.63, 3.8) is 0 Å². The third kappa shape index (κ3) is 5.40. The van der Waals surface area contributed by atoms with Crippen LogP contribution in [0.5, 0.6) is 0 Å². The Morgan fingerprint density at radius 2 is 1.58 bits per heavy atom. The van der Waals surface area contributed by atoms with E-state index in [1.54, 1.807) is 12.1 Å². The second kappa shape index (κ2) is 10.7. The number of hydrogen-bond acceptors (Lipinski definition) is 4. The predicted octanol–water partition coefficient (Wildman–Crippen LogP) is 4.94. The van der Waals surface area contributed by atoms with Gasteiger partial charge in [0.05, 0.1) is 18.3 Å². The van der Waals surface area contributed by atoms with Crippen LogP contribution in [0.4, 0.5) is 4.39 Å². The van der Waals surface area contributed by atoms with Gasteiger partial charge in [-0.15, -0.1) is 0 Å². The van der Waals surface area contributed by atoms with Crippen LogP contribution in [0.3, 0.4) is 0 Å². The lowest BCUT2D eigenvalue weighted by Crippen LogP contribution is -2.49. The van der Waals surface area contributed by atoms with Crippen LogP contribution in [-0.2, 0) is 11.3 Å². The highest BCUT2D eigenvalue weighted by molar-refractivity contribution is 6.03. The predicted molar refractivity (Wildman–Crippen MR) is 141 cm³/mol. The van der Waals surface area contributed by atoms with Crippen LogP contribution < -0.4 is 0 Å². The summed E-state index contributed by atoms with van der Waals surface area (Å²) in [6.45, 7) is 8.83. The van der Waals surface area contributed by atoms with Crippen molar-refractivity contribution >= 4 is 11.6 Å². The average molecular weight is 485 g/mol. The van der Waals surface area contributed by atoms with Gasteiger partial charge in [0.2, 0.25) is 0 Å². The molecule has 0 aliphatic carbocycles. The molecule has 1 fully saturated rings. The van der Waals surface area contributed by atoms with Crippen molar-refractivity contribution < 1.29 is 9.18 Å². The average Bonchev–Trinajstić information content (AvgIpc) is 3.33.